The number of nitrogens with zero attached hydrogens (tertiary/aromatic N) is 2. The van der Waals surface area contributed by atoms with Crippen molar-refractivity contribution in [2.24, 2.45) is 0 Å². The summed E-state index contributed by atoms with van der Waals surface area (Å²) in [6, 6.07) is 8.43. The average Bonchev–Trinajstić information content (AvgIpc) is 2.56. The first-order chi connectivity index (χ1) is 11.0. The van der Waals surface area contributed by atoms with Crippen LogP contribution in [0.3, 0.4) is 0 Å². The van der Waals surface area contributed by atoms with E-state index in [1.807, 2.05) is 0 Å². The molecule has 1 heterocycles. The van der Waals surface area contributed by atoms with Crippen LogP contribution >= 0.6 is 0 Å². The third-order valence-electron chi connectivity index (χ3n) is 2.97. The quantitative estimate of drug-likeness (QED) is 0.796. The molecule has 0 unspecified atom stereocenters. The molecule has 0 aliphatic heterocycles. The zero-order valence-corrected chi connectivity index (χ0v) is 13.8. The zero-order valence-electron chi connectivity index (χ0n) is 13.0. The molecule has 0 saturated carbocycles. The van der Waals surface area contributed by atoms with Gasteiger partial charge in [-0.25, -0.2) is 8.42 Å². The number of benzene rings is 1. The molecule has 23 heavy (non-hydrogen) atoms. The van der Waals surface area contributed by atoms with Crippen molar-refractivity contribution >= 4 is 27.3 Å². The lowest BCUT2D eigenvalue weighted by molar-refractivity contribution is 0.405. The lowest BCUT2D eigenvalue weighted by atomic mass is 10.2. The molecule has 0 radical (unpaired) electrons. The summed E-state index contributed by atoms with van der Waals surface area (Å²) >= 11 is 0. The van der Waals surface area contributed by atoms with E-state index in [0.717, 1.165) is 0 Å². The SMILES string of the molecule is CCS(=O)(=O)Nc1ccc(Nc2cc(OC)ccc2OC)nn1. The molecule has 0 aliphatic rings. The number of sulfonamides is 1. The van der Waals surface area contributed by atoms with Crippen LogP contribution < -0.4 is 19.5 Å². The minimum Gasteiger partial charge on any atom is -0.497 e. The Kier molecular flexibility index (Phi) is 5.22. The first kappa shape index (κ1) is 16.8. The predicted molar refractivity (Wildman–Crippen MR) is 87.9 cm³/mol. The van der Waals surface area contributed by atoms with E-state index >= 15 is 0 Å². The van der Waals surface area contributed by atoms with Crippen LogP contribution in [-0.4, -0.2) is 38.6 Å². The summed E-state index contributed by atoms with van der Waals surface area (Å²) in [4.78, 5) is 0. The van der Waals surface area contributed by atoms with Crippen molar-refractivity contribution in [3.05, 3.63) is 30.3 Å². The fraction of sp³-hybridized carbons (Fsp3) is 0.286. The Morgan fingerprint density at radius 3 is 2.30 bits per heavy atom. The topological polar surface area (TPSA) is 102 Å². The smallest absolute Gasteiger partial charge is 0.233 e. The number of aromatic nitrogens is 2. The van der Waals surface area contributed by atoms with Crippen molar-refractivity contribution in [3.8, 4) is 11.5 Å². The van der Waals surface area contributed by atoms with E-state index in [2.05, 4.69) is 20.2 Å². The standard InChI is InChI=1S/C14H18N4O4S/c1-4-23(19,20)18-14-8-7-13(16-17-14)15-11-9-10(21-2)5-6-12(11)22-3/h5-9H,4H2,1-3H3,(H,15,16)(H,17,18). The van der Waals surface area contributed by atoms with Crippen LogP contribution in [0, 0.1) is 0 Å². The highest BCUT2D eigenvalue weighted by atomic mass is 32.2. The van der Waals surface area contributed by atoms with E-state index in [1.54, 1.807) is 45.4 Å². The van der Waals surface area contributed by atoms with Crippen LogP contribution in [0.25, 0.3) is 0 Å². The first-order valence-corrected chi connectivity index (χ1v) is 8.46. The molecule has 9 heteroatoms. The van der Waals surface area contributed by atoms with Gasteiger partial charge in [-0.3, -0.25) is 4.72 Å². The van der Waals surface area contributed by atoms with Gasteiger partial charge >= 0.3 is 0 Å². The molecule has 124 valence electrons. The molecule has 0 aliphatic carbocycles. The van der Waals surface area contributed by atoms with Crippen molar-refractivity contribution in [3.63, 3.8) is 0 Å². The highest BCUT2D eigenvalue weighted by Gasteiger charge is 2.09. The molecule has 1 aromatic carbocycles. The second kappa shape index (κ2) is 7.14. The molecule has 1 aromatic heterocycles. The number of methoxy groups -OCH3 is 2. The van der Waals surface area contributed by atoms with Crippen molar-refractivity contribution in [2.75, 3.05) is 30.0 Å². The van der Waals surface area contributed by atoms with E-state index < -0.39 is 10.0 Å². The highest BCUT2D eigenvalue weighted by molar-refractivity contribution is 7.92. The fourth-order valence-corrected chi connectivity index (χ4v) is 2.31. The number of hydrogen-bond donors (Lipinski definition) is 2. The van der Waals surface area contributed by atoms with Gasteiger partial charge in [0.05, 0.1) is 25.7 Å². The van der Waals surface area contributed by atoms with Crippen molar-refractivity contribution in [2.45, 2.75) is 6.92 Å². The molecule has 0 spiro atoms. The van der Waals surface area contributed by atoms with Gasteiger partial charge in [-0.2, -0.15) is 0 Å². The summed E-state index contributed by atoms with van der Waals surface area (Å²) in [5.74, 6) is 1.85. The van der Waals surface area contributed by atoms with E-state index in [0.29, 0.717) is 23.0 Å². The Labute approximate surface area is 134 Å². The second-order valence-corrected chi connectivity index (χ2v) is 6.51. The maximum atomic E-state index is 11.5. The third-order valence-corrected chi connectivity index (χ3v) is 4.25. The molecule has 0 fully saturated rings. The Morgan fingerprint density at radius 2 is 1.74 bits per heavy atom. The van der Waals surface area contributed by atoms with Crippen molar-refractivity contribution in [1.82, 2.24) is 10.2 Å². The van der Waals surface area contributed by atoms with Gasteiger partial charge in [-0.1, -0.05) is 0 Å². The van der Waals surface area contributed by atoms with E-state index in [9.17, 15) is 8.42 Å². The number of ether oxygens (including phenoxy) is 2. The highest BCUT2D eigenvalue weighted by Crippen LogP contribution is 2.30. The summed E-state index contributed by atoms with van der Waals surface area (Å²) in [7, 11) is -0.247. The molecule has 0 bridgehead atoms. The Balaban J connectivity index is 2.18. The molecule has 0 atom stereocenters. The van der Waals surface area contributed by atoms with Crippen LogP contribution in [0.4, 0.5) is 17.3 Å². The van der Waals surface area contributed by atoms with Gasteiger partial charge in [0, 0.05) is 6.07 Å². The Bertz CT molecular complexity index is 763. The monoisotopic (exact) mass is 338 g/mol. The molecule has 0 saturated heterocycles. The molecule has 0 amide bonds. The summed E-state index contributed by atoms with van der Waals surface area (Å²) in [6.45, 7) is 1.54. The van der Waals surface area contributed by atoms with E-state index in [4.69, 9.17) is 9.47 Å². The summed E-state index contributed by atoms with van der Waals surface area (Å²) in [5, 5.41) is 10.8. The minimum atomic E-state index is -3.37. The molecule has 8 nitrogen and oxygen atoms in total. The molecule has 2 rings (SSSR count). The van der Waals surface area contributed by atoms with Crippen LogP contribution in [0.15, 0.2) is 30.3 Å². The van der Waals surface area contributed by atoms with Crippen LogP contribution in [0.2, 0.25) is 0 Å². The maximum absolute atomic E-state index is 11.5. The van der Waals surface area contributed by atoms with E-state index in [1.165, 1.54) is 6.07 Å². The molecule has 2 aromatic rings. The summed E-state index contributed by atoms with van der Waals surface area (Å²) < 4.78 is 35.7. The van der Waals surface area contributed by atoms with Gasteiger partial charge in [-0.15, -0.1) is 10.2 Å². The summed E-state index contributed by atoms with van der Waals surface area (Å²) in [5.41, 5.74) is 0.656. The Hall–Kier alpha value is -2.55. The second-order valence-electron chi connectivity index (χ2n) is 4.50. The van der Waals surface area contributed by atoms with Crippen molar-refractivity contribution in [1.29, 1.82) is 0 Å². The molecular weight excluding hydrogens is 320 g/mol. The van der Waals surface area contributed by atoms with Gasteiger partial charge in [0.15, 0.2) is 11.6 Å². The van der Waals surface area contributed by atoms with Crippen LogP contribution in [0.5, 0.6) is 11.5 Å². The maximum Gasteiger partial charge on any atom is 0.233 e. The van der Waals surface area contributed by atoms with Gasteiger partial charge < -0.3 is 14.8 Å². The normalized spacial score (nSPS) is 10.9. The Morgan fingerprint density at radius 1 is 1.04 bits per heavy atom. The van der Waals surface area contributed by atoms with Crippen LogP contribution in [-0.2, 0) is 10.0 Å². The van der Waals surface area contributed by atoms with Gasteiger partial charge in [-0.05, 0) is 31.2 Å². The van der Waals surface area contributed by atoms with E-state index in [-0.39, 0.29) is 11.6 Å². The van der Waals surface area contributed by atoms with Crippen LogP contribution in [0.1, 0.15) is 6.92 Å². The zero-order chi connectivity index (χ0) is 16.9. The van der Waals surface area contributed by atoms with Gasteiger partial charge in [0.2, 0.25) is 10.0 Å². The number of nitrogens with one attached hydrogen (secondary N) is 2. The third kappa shape index (κ3) is 4.46. The van der Waals surface area contributed by atoms with Gasteiger partial charge in [0.1, 0.15) is 11.5 Å². The number of anilines is 3. The predicted octanol–water partition coefficient (Wildman–Crippen LogP) is 2.00. The number of hydrogen-bond acceptors (Lipinski definition) is 7. The van der Waals surface area contributed by atoms with Gasteiger partial charge in [0.25, 0.3) is 0 Å². The lowest BCUT2D eigenvalue weighted by Gasteiger charge is -2.12. The fourth-order valence-electron chi connectivity index (χ4n) is 1.73. The lowest BCUT2D eigenvalue weighted by Crippen LogP contribution is -2.15. The molecular formula is C14H18N4O4S. The number of rotatable bonds is 7. The molecule has 2 N–H and O–H groups in total. The summed E-state index contributed by atoms with van der Waals surface area (Å²) in [6.07, 6.45) is 0. The average molecular weight is 338 g/mol. The largest absolute Gasteiger partial charge is 0.497 e. The van der Waals surface area contributed by atoms with Crippen molar-refractivity contribution < 1.29 is 17.9 Å². The minimum absolute atomic E-state index is 0.0321. The first-order valence-electron chi connectivity index (χ1n) is 6.80.